The Morgan fingerprint density at radius 1 is 1.38 bits per heavy atom. The van der Waals surface area contributed by atoms with Crippen molar-refractivity contribution in [3.63, 3.8) is 0 Å². The van der Waals surface area contributed by atoms with Crippen molar-refractivity contribution in [1.82, 2.24) is 4.98 Å². The number of hydrogen-bond acceptors (Lipinski definition) is 5. The van der Waals surface area contributed by atoms with Crippen LogP contribution in [0.3, 0.4) is 0 Å². The molecular weight excluding hydrogens is 326 g/mol. The molecule has 3 rings (SSSR count). The van der Waals surface area contributed by atoms with E-state index in [1.165, 1.54) is 4.88 Å². The molecule has 0 unspecified atom stereocenters. The first-order chi connectivity index (χ1) is 11.5. The Bertz CT molecular complexity index is 755. The van der Waals surface area contributed by atoms with E-state index in [0.717, 1.165) is 25.0 Å². The van der Waals surface area contributed by atoms with Crippen LogP contribution in [0.25, 0.3) is 0 Å². The fourth-order valence-electron chi connectivity index (χ4n) is 2.61. The van der Waals surface area contributed by atoms with Crippen molar-refractivity contribution in [3.8, 4) is 5.75 Å². The molecule has 1 aliphatic rings. The van der Waals surface area contributed by atoms with Gasteiger partial charge >= 0.3 is 0 Å². The lowest BCUT2D eigenvalue weighted by Gasteiger charge is -2.15. The van der Waals surface area contributed by atoms with E-state index in [0.29, 0.717) is 22.4 Å². The van der Waals surface area contributed by atoms with E-state index < -0.39 is 5.91 Å². The third kappa shape index (κ3) is 3.91. The van der Waals surface area contributed by atoms with Gasteiger partial charge < -0.3 is 10.5 Å². The molecule has 0 saturated carbocycles. The van der Waals surface area contributed by atoms with Crippen LogP contribution in [-0.2, 0) is 17.6 Å². The molecule has 1 atom stereocenters. The number of ether oxygens (including phenoxy) is 1. The Morgan fingerprint density at radius 2 is 2.12 bits per heavy atom. The molecule has 1 aromatic carbocycles. The van der Waals surface area contributed by atoms with Gasteiger partial charge in [-0.25, -0.2) is 4.98 Å². The summed E-state index contributed by atoms with van der Waals surface area (Å²) >= 11 is 1.54. The lowest BCUT2D eigenvalue weighted by molar-refractivity contribution is -0.118. The molecule has 0 spiro atoms. The highest BCUT2D eigenvalue weighted by molar-refractivity contribution is 7.15. The average Bonchev–Trinajstić information content (AvgIpc) is 2.94. The van der Waals surface area contributed by atoms with Gasteiger partial charge in [-0.1, -0.05) is 6.92 Å². The van der Waals surface area contributed by atoms with Crippen LogP contribution >= 0.6 is 11.3 Å². The first-order valence-electron chi connectivity index (χ1n) is 7.82. The van der Waals surface area contributed by atoms with E-state index in [9.17, 15) is 9.59 Å². The van der Waals surface area contributed by atoms with E-state index in [1.54, 1.807) is 35.6 Å². The van der Waals surface area contributed by atoms with Gasteiger partial charge in [-0.15, -0.1) is 11.3 Å². The fourth-order valence-corrected chi connectivity index (χ4v) is 3.80. The van der Waals surface area contributed by atoms with Gasteiger partial charge in [-0.3, -0.25) is 14.9 Å². The fraction of sp³-hybridized carbons (Fsp3) is 0.353. The highest BCUT2D eigenvalue weighted by Crippen LogP contribution is 2.32. The van der Waals surface area contributed by atoms with Gasteiger partial charge in [0.05, 0.1) is 5.69 Å². The molecule has 1 aromatic heterocycles. The maximum Gasteiger partial charge on any atom is 0.264 e. The van der Waals surface area contributed by atoms with Crippen molar-refractivity contribution in [2.24, 2.45) is 11.7 Å². The largest absolute Gasteiger partial charge is 0.484 e. The molecule has 2 amide bonds. The lowest BCUT2D eigenvalue weighted by atomic mass is 9.93. The summed E-state index contributed by atoms with van der Waals surface area (Å²) < 4.78 is 5.41. The van der Waals surface area contributed by atoms with Gasteiger partial charge in [-0.05, 0) is 49.4 Å². The van der Waals surface area contributed by atoms with Crippen molar-refractivity contribution in [1.29, 1.82) is 0 Å². The number of aryl methyl sites for hydroxylation is 1. The summed E-state index contributed by atoms with van der Waals surface area (Å²) in [5.74, 6) is 0.421. The Morgan fingerprint density at radius 3 is 2.83 bits per heavy atom. The van der Waals surface area contributed by atoms with Gasteiger partial charge in [0.15, 0.2) is 11.7 Å². The van der Waals surface area contributed by atoms with Crippen LogP contribution < -0.4 is 15.8 Å². The summed E-state index contributed by atoms with van der Waals surface area (Å²) in [7, 11) is 0. The normalized spacial score (nSPS) is 16.3. The number of aromatic nitrogens is 1. The third-order valence-corrected chi connectivity index (χ3v) is 4.98. The Hall–Kier alpha value is -2.41. The smallest absolute Gasteiger partial charge is 0.264 e. The summed E-state index contributed by atoms with van der Waals surface area (Å²) in [4.78, 5) is 28.8. The second-order valence-corrected chi connectivity index (χ2v) is 7.05. The Balaban J connectivity index is 1.53. The Labute approximate surface area is 144 Å². The SMILES string of the molecule is C[C@@H]1CCc2nc(NC(=O)COc3ccc(C(N)=O)cc3)sc2C1. The molecule has 0 radical (unpaired) electrons. The molecule has 24 heavy (non-hydrogen) atoms. The zero-order valence-electron chi connectivity index (χ0n) is 13.4. The maximum atomic E-state index is 12.0. The number of carbonyl (C=O) groups is 2. The van der Waals surface area contributed by atoms with E-state index in [2.05, 4.69) is 17.2 Å². The second kappa shape index (κ2) is 7.00. The molecule has 3 N–H and O–H groups in total. The van der Waals surface area contributed by atoms with Gasteiger partial charge in [0.25, 0.3) is 5.91 Å². The minimum Gasteiger partial charge on any atom is -0.484 e. The van der Waals surface area contributed by atoms with Gasteiger partial charge in [0, 0.05) is 10.4 Å². The Kier molecular flexibility index (Phi) is 4.80. The molecule has 0 saturated heterocycles. The van der Waals surface area contributed by atoms with Crippen LogP contribution in [0.1, 0.15) is 34.3 Å². The molecule has 0 aliphatic heterocycles. The molecular formula is C17H19N3O3S. The van der Waals surface area contributed by atoms with Crippen LogP contribution in [0, 0.1) is 5.92 Å². The number of nitrogens with one attached hydrogen (secondary N) is 1. The van der Waals surface area contributed by atoms with Crippen molar-refractivity contribution in [3.05, 3.63) is 40.4 Å². The predicted octanol–water partition coefficient (Wildman–Crippen LogP) is 2.38. The number of primary amides is 1. The molecule has 7 heteroatoms. The number of anilines is 1. The maximum absolute atomic E-state index is 12.0. The number of carbonyl (C=O) groups excluding carboxylic acids is 2. The first-order valence-corrected chi connectivity index (χ1v) is 8.64. The van der Waals surface area contributed by atoms with Crippen LogP contribution in [0.5, 0.6) is 5.75 Å². The molecule has 0 fully saturated rings. The number of rotatable bonds is 5. The van der Waals surface area contributed by atoms with Gasteiger partial charge in [0.2, 0.25) is 5.91 Å². The van der Waals surface area contributed by atoms with Crippen LogP contribution in [0.2, 0.25) is 0 Å². The number of benzene rings is 1. The number of fused-ring (bicyclic) bond motifs is 1. The zero-order chi connectivity index (χ0) is 17.1. The molecule has 6 nitrogen and oxygen atoms in total. The molecule has 126 valence electrons. The van der Waals surface area contributed by atoms with E-state index in [-0.39, 0.29) is 12.5 Å². The molecule has 1 aliphatic carbocycles. The zero-order valence-corrected chi connectivity index (χ0v) is 14.2. The topological polar surface area (TPSA) is 94.3 Å². The van der Waals surface area contributed by atoms with Crippen molar-refractivity contribution in [2.45, 2.75) is 26.2 Å². The van der Waals surface area contributed by atoms with Crippen LogP contribution in [0.4, 0.5) is 5.13 Å². The minimum absolute atomic E-state index is 0.115. The van der Waals surface area contributed by atoms with Gasteiger partial charge in [-0.2, -0.15) is 0 Å². The standard InChI is InChI=1S/C17H19N3O3S/c1-10-2-7-13-14(8-10)24-17(19-13)20-15(21)9-23-12-5-3-11(4-6-12)16(18)22/h3-6,10H,2,7-9H2,1H3,(H2,18,22)(H,19,20,21)/t10-/m1/s1. The van der Waals surface area contributed by atoms with Crippen molar-refractivity contribution < 1.29 is 14.3 Å². The number of amides is 2. The summed E-state index contributed by atoms with van der Waals surface area (Å²) in [5, 5.41) is 3.41. The van der Waals surface area contributed by atoms with E-state index >= 15 is 0 Å². The van der Waals surface area contributed by atoms with Crippen molar-refractivity contribution in [2.75, 3.05) is 11.9 Å². The first kappa shape index (κ1) is 16.4. The summed E-state index contributed by atoms with van der Waals surface area (Å²) in [6.45, 7) is 2.12. The van der Waals surface area contributed by atoms with Crippen LogP contribution in [-0.4, -0.2) is 23.4 Å². The van der Waals surface area contributed by atoms with Crippen LogP contribution in [0.15, 0.2) is 24.3 Å². The number of thiazole rings is 1. The molecule has 1 heterocycles. The monoisotopic (exact) mass is 345 g/mol. The number of hydrogen-bond donors (Lipinski definition) is 2. The predicted molar refractivity (Wildman–Crippen MR) is 92.4 cm³/mol. The van der Waals surface area contributed by atoms with Gasteiger partial charge in [0.1, 0.15) is 5.75 Å². The number of nitrogens with two attached hydrogens (primary N) is 1. The highest BCUT2D eigenvalue weighted by atomic mass is 32.1. The van der Waals surface area contributed by atoms with E-state index in [1.807, 2.05) is 0 Å². The summed E-state index contributed by atoms with van der Waals surface area (Å²) in [5.41, 5.74) is 6.68. The molecule has 0 bridgehead atoms. The number of nitrogens with zero attached hydrogens (tertiary/aromatic N) is 1. The second-order valence-electron chi connectivity index (χ2n) is 5.96. The lowest BCUT2D eigenvalue weighted by Crippen LogP contribution is -2.20. The average molecular weight is 345 g/mol. The summed E-state index contributed by atoms with van der Waals surface area (Å²) in [6.07, 6.45) is 3.16. The van der Waals surface area contributed by atoms with Crippen molar-refractivity contribution >= 4 is 28.3 Å². The van der Waals surface area contributed by atoms with E-state index in [4.69, 9.17) is 10.5 Å². The molecule has 2 aromatic rings. The highest BCUT2D eigenvalue weighted by Gasteiger charge is 2.20. The summed E-state index contributed by atoms with van der Waals surface area (Å²) in [6, 6.07) is 6.34. The minimum atomic E-state index is -0.499. The third-order valence-electron chi connectivity index (χ3n) is 3.94. The quantitative estimate of drug-likeness (QED) is 0.870.